The van der Waals surface area contributed by atoms with Gasteiger partial charge in [-0.25, -0.2) is 0 Å². The summed E-state index contributed by atoms with van der Waals surface area (Å²) in [5.74, 6) is -0.377. The number of hydrogen-bond acceptors (Lipinski definition) is 4. The zero-order chi connectivity index (χ0) is 18.5. The number of nitrogens with one attached hydrogen (secondary N) is 1. The third-order valence-corrected chi connectivity index (χ3v) is 4.33. The molecule has 2 aromatic rings. The Hall–Kier alpha value is -2.28. The number of furan rings is 1. The molecule has 2 heterocycles. The van der Waals surface area contributed by atoms with Gasteiger partial charge in [0.2, 0.25) is 0 Å². The van der Waals surface area contributed by atoms with E-state index >= 15 is 0 Å². The second-order valence-corrected chi connectivity index (χ2v) is 6.40. The molecule has 8 heteroatoms. The molecule has 1 saturated heterocycles. The van der Waals surface area contributed by atoms with E-state index in [2.05, 4.69) is 5.32 Å². The normalized spacial score (nSPS) is 15.0. The Morgan fingerprint density at radius 3 is 2.58 bits per heavy atom. The Balaban J connectivity index is 1.85. The lowest BCUT2D eigenvalue weighted by Crippen LogP contribution is -2.44. The Labute approximate surface area is 160 Å². The lowest BCUT2D eigenvalue weighted by Gasteiger charge is -2.27. The van der Waals surface area contributed by atoms with Gasteiger partial charge in [-0.1, -0.05) is 23.2 Å². The van der Waals surface area contributed by atoms with Crippen LogP contribution in [0.25, 0.3) is 6.08 Å². The van der Waals surface area contributed by atoms with Crippen LogP contribution < -0.4 is 5.32 Å². The molecule has 0 unspecified atom stereocenters. The Morgan fingerprint density at radius 2 is 1.92 bits per heavy atom. The molecule has 1 aromatic carbocycles. The van der Waals surface area contributed by atoms with Gasteiger partial charge in [-0.3, -0.25) is 9.59 Å². The van der Waals surface area contributed by atoms with Gasteiger partial charge < -0.3 is 19.4 Å². The van der Waals surface area contributed by atoms with Crippen LogP contribution in [0.15, 0.2) is 46.7 Å². The highest BCUT2D eigenvalue weighted by Gasteiger charge is 2.23. The fraction of sp³-hybridized carbons (Fsp3) is 0.222. The van der Waals surface area contributed by atoms with Gasteiger partial charge in [-0.2, -0.15) is 0 Å². The summed E-state index contributed by atoms with van der Waals surface area (Å²) in [4.78, 5) is 27.0. The molecule has 1 aliphatic heterocycles. The van der Waals surface area contributed by atoms with E-state index in [9.17, 15) is 9.59 Å². The van der Waals surface area contributed by atoms with Crippen LogP contribution >= 0.6 is 23.2 Å². The van der Waals surface area contributed by atoms with Crippen molar-refractivity contribution < 1.29 is 18.7 Å². The van der Waals surface area contributed by atoms with Crippen molar-refractivity contribution in [1.82, 2.24) is 10.2 Å². The van der Waals surface area contributed by atoms with Crippen LogP contribution in [0.2, 0.25) is 10.0 Å². The summed E-state index contributed by atoms with van der Waals surface area (Å²) in [5, 5.41) is 3.25. The van der Waals surface area contributed by atoms with E-state index in [1.54, 1.807) is 23.1 Å². The first kappa shape index (κ1) is 18.5. The van der Waals surface area contributed by atoms with Crippen molar-refractivity contribution in [2.24, 2.45) is 0 Å². The molecule has 1 aliphatic rings. The number of amides is 2. The van der Waals surface area contributed by atoms with E-state index in [0.29, 0.717) is 37.1 Å². The smallest absolute Gasteiger partial charge is 0.270 e. The van der Waals surface area contributed by atoms with Crippen LogP contribution in [0, 0.1) is 0 Å². The van der Waals surface area contributed by atoms with Crippen LogP contribution in [-0.4, -0.2) is 43.0 Å². The molecule has 0 aliphatic carbocycles. The minimum absolute atomic E-state index is 0.0952. The summed E-state index contributed by atoms with van der Waals surface area (Å²) in [6.45, 7) is 1.81. The van der Waals surface area contributed by atoms with Gasteiger partial charge >= 0.3 is 0 Å². The number of nitrogens with zero attached hydrogens (tertiary/aromatic N) is 1. The molecule has 1 fully saturated rings. The summed E-state index contributed by atoms with van der Waals surface area (Å²) in [6, 6.07) is 7.91. The molecule has 0 bridgehead atoms. The average molecular weight is 395 g/mol. The van der Waals surface area contributed by atoms with Crippen molar-refractivity contribution in [2.45, 2.75) is 0 Å². The zero-order valence-electron chi connectivity index (χ0n) is 13.7. The van der Waals surface area contributed by atoms with Crippen molar-refractivity contribution >= 4 is 41.1 Å². The van der Waals surface area contributed by atoms with Crippen molar-refractivity contribution in [3.63, 3.8) is 0 Å². The van der Waals surface area contributed by atoms with Crippen LogP contribution in [0.5, 0.6) is 0 Å². The number of ether oxygens (including phenoxy) is 1. The van der Waals surface area contributed by atoms with Crippen LogP contribution in [0.4, 0.5) is 0 Å². The Morgan fingerprint density at radius 1 is 1.15 bits per heavy atom. The third kappa shape index (κ3) is 4.46. The van der Waals surface area contributed by atoms with Crippen LogP contribution in [0.3, 0.4) is 0 Å². The monoisotopic (exact) mass is 394 g/mol. The maximum absolute atomic E-state index is 12.8. The van der Waals surface area contributed by atoms with Gasteiger partial charge in [0.15, 0.2) is 0 Å². The van der Waals surface area contributed by atoms with E-state index in [-0.39, 0.29) is 22.2 Å². The molecule has 3 rings (SSSR count). The van der Waals surface area contributed by atoms with Gasteiger partial charge in [-0.05, 0) is 30.3 Å². The minimum Gasteiger partial charge on any atom is -0.465 e. The average Bonchev–Trinajstić information content (AvgIpc) is 3.14. The molecular formula is C18H16Cl2N2O4. The number of morpholine rings is 1. The summed E-state index contributed by atoms with van der Waals surface area (Å²) >= 11 is 11.9. The molecule has 1 aromatic heterocycles. The maximum atomic E-state index is 12.8. The molecule has 0 radical (unpaired) electrons. The van der Waals surface area contributed by atoms with Crippen molar-refractivity contribution in [3.8, 4) is 0 Å². The van der Waals surface area contributed by atoms with Gasteiger partial charge in [0.25, 0.3) is 11.8 Å². The molecule has 0 spiro atoms. The lowest BCUT2D eigenvalue weighted by molar-refractivity contribution is -0.131. The predicted molar refractivity (Wildman–Crippen MR) is 98.0 cm³/mol. The number of hydrogen-bond donors (Lipinski definition) is 1. The van der Waals surface area contributed by atoms with Crippen molar-refractivity contribution in [3.05, 3.63) is 63.7 Å². The van der Waals surface area contributed by atoms with Gasteiger partial charge in [-0.15, -0.1) is 0 Å². The fourth-order valence-corrected chi connectivity index (χ4v) is 2.96. The first-order chi connectivity index (χ1) is 12.5. The highest BCUT2D eigenvalue weighted by molar-refractivity contribution is 6.36. The molecule has 1 N–H and O–H groups in total. The summed E-state index contributed by atoms with van der Waals surface area (Å²) in [7, 11) is 0. The van der Waals surface area contributed by atoms with Gasteiger partial charge in [0.1, 0.15) is 11.5 Å². The first-order valence-corrected chi connectivity index (χ1v) is 8.69. The fourth-order valence-electron chi connectivity index (χ4n) is 2.47. The molecule has 2 amide bonds. The second kappa shape index (κ2) is 8.40. The number of halogens is 2. The predicted octanol–water partition coefficient (Wildman–Crippen LogP) is 3.22. The summed E-state index contributed by atoms with van der Waals surface area (Å²) < 4.78 is 10.5. The molecule has 136 valence electrons. The Bertz CT molecular complexity index is 828. The zero-order valence-corrected chi connectivity index (χ0v) is 15.2. The number of carbonyl (C=O) groups excluding carboxylic acids is 2. The highest BCUT2D eigenvalue weighted by Crippen LogP contribution is 2.21. The quantitative estimate of drug-likeness (QED) is 0.808. The lowest BCUT2D eigenvalue weighted by atomic mass is 10.2. The summed E-state index contributed by atoms with van der Waals surface area (Å²) in [6.07, 6.45) is 2.97. The van der Waals surface area contributed by atoms with E-state index in [1.807, 2.05) is 0 Å². The molecule has 26 heavy (non-hydrogen) atoms. The van der Waals surface area contributed by atoms with Crippen molar-refractivity contribution in [2.75, 3.05) is 26.3 Å². The number of benzene rings is 1. The van der Waals surface area contributed by atoms with E-state index < -0.39 is 5.91 Å². The Kier molecular flexibility index (Phi) is 5.98. The SMILES string of the molecule is O=C(N/C(=C\c1ccco1)C(=O)N1CCOCC1)c1ccc(Cl)cc1Cl. The molecular weight excluding hydrogens is 379 g/mol. The molecule has 6 nitrogen and oxygen atoms in total. The largest absolute Gasteiger partial charge is 0.465 e. The van der Waals surface area contributed by atoms with Crippen molar-refractivity contribution in [1.29, 1.82) is 0 Å². The van der Waals surface area contributed by atoms with Crippen LogP contribution in [-0.2, 0) is 9.53 Å². The third-order valence-electron chi connectivity index (χ3n) is 3.78. The second-order valence-electron chi connectivity index (χ2n) is 5.56. The summed E-state index contributed by atoms with van der Waals surface area (Å²) in [5.41, 5.74) is 0.314. The highest BCUT2D eigenvalue weighted by atomic mass is 35.5. The standard InChI is InChI=1S/C18H16Cl2N2O4/c19-12-3-4-14(15(20)10-12)17(23)21-16(11-13-2-1-7-26-13)18(24)22-5-8-25-9-6-22/h1-4,7,10-11H,5-6,8-9H2,(H,21,23)/b16-11-. The minimum atomic E-state index is -0.508. The topological polar surface area (TPSA) is 71.8 Å². The number of carbonyl (C=O) groups is 2. The van der Waals surface area contributed by atoms with E-state index in [4.69, 9.17) is 32.4 Å². The van der Waals surface area contributed by atoms with E-state index in [0.717, 1.165) is 0 Å². The first-order valence-electron chi connectivity index (χ1n) is 7.93. The molecule has 0 atom stereocenters. The number of rotatable bonds is 4. The van der Waals surface area contributed by atoms with Gasteiger partial charge in [0, 0.05) is 24.2 Å². The van der Waals surface area contributed by atoms with Crippen LogP contribution in [0.1, 0.15) is 16.1 Å². The maximum Gasteiger partial charge on any atom is 0.270 e. The molecule has 0 saturated carbocycles. The van der Waals surface area contributed by atoms with E-state index in [1.165, 1.54) is 24.5 Å². The van der Waals surface area contributed by atoms with Gasteiger partial charge in [0.05, 0.1) is 30.1 Å².